The van der Waals surface area contributed by atoms with E-state index in [2.05, 4.69) is 35.9 Å². The van der Waals surface area contributed by atoms with Crippen molar-refractivity contribution in [2.24, 2.45) is 5.92 Å². The second-order valence-corrected chi connectivity index (χ2v) is 5.67. The maximum Gasteiger partial charge on any atom is 0.147 e. The molecular formula is C13H20N2OS. The SMILES string of the molecule is CCC(CC)n1ccc(CC2CSCC2=O)n1. The lowest BCUT2D eigenvalue weighted by atomic mass is 10.0. The summed E-state index contributed by atoms with van der Waals surface area (Å²) >= 11 is 1.75. The lowest BCUT2D eigenvalue weighted by molar-refractivity contribution is -0.119. The Labute approximate surface area is 107 Å². The quantitative estimate of drug-likeness (QED) is 0.808. The number of rotatable bonds is 5. The molecule has 0 amide bonds. The fourth-order valence-corrected chi connectivity index (χ4v) is 3.43. The molecule has 0 bridgehead atoms. The molecule has 1 aromatic rings. The van der Waals surface area contributed by atoms with Crippen molar-refractivity contribution < 1.29 is 4.79 Å². The van der Waals surface area contributed by atoms with Gasteiger partial charge in [0.25, 0.3) is 0 Å². The monoisotopic (exact) mass is 252 g/mol. The Morgan fingerprint density at radius 3 is 2.88 bits per heavy atom. The van der Waals surface area contributed by atoms with Gasteiger partial charge in [-0.2, -0.15) is 16.9 Å². The number of ketones is 1. The summed E-state index contributed by atoms with van der Waals surface area (Å²) < 4.78 is 2.06. The Balaban J connectivity index is 2.00. The molecule has 0 saturated carbocycles. The standard InChI is InChI=1S/C13H20N2OS/c1-3-12(4-2)15-6-5-11(14-15)7-10-8-17-9-13(10)16/h5-6,10,12H,3-4,7-9H2,1-2H3. The molecule has 1 saturated heterocycles. The summed E-state index contributed by atoms with van der Waals surface area (Å²) in [6.07, 6.45) is 5.09. The second kappa shape index (κ2) is 5.71. The van der Waals surface area contributed by atoms with Gasteiger partial charge in [0, 0.05) is 24.3 Å². The topological polar surface area (TPSA) is 34.9 Å². The Morgan fingerprint density at radius 2 is 2.29 bits per heavy atom. The van der Waals surface area contributed by atoms with E-state index in [0.717, 1.165) is 30.7 Å². The molecule has 1 unspecified atom stereocenters. The Hall–Kier alpha value is -0.770. The lowest BCUT2D eigenvalue weighted by Crippen LogP contribution is -2.15. The molecule has 1 aliphatic heterocycles. The fraction of sp³-hybridized carbons (Fsp3) is 0.692. The van der Waals surface area contributed by atoms with Crippen molar-refractivity contribution in [3.05, 3.63) is 18.0 Å². The minimum absolute atomic E-state index is 0.199. The Kier molecular flexibility index (Phi) is 4.26. The van der Waals surface area contributed by atoms with Gasteiger partial charge in [0.1, 0.15) is 5.78 Å². The molecule has 1 atom stereocenters. The van der Waals surface area contributed by atoms with Crippen LogP contribution in [0.2, 0.25) is 0 Å². The first-order valence-corrected chi connectivity index (χ1v) is 7.54. The van der Waals surface area contributed by atoms with Crippen molar-refractivity contribution in [1.29, 1.82) is 0 Å². The molecule has 0 aromatic carbocycles. The molecule has 1 fully saturated rings. The van der Waals surface area contributed by atoms with Crippen LogP contribution in [0, 0.1) is 5.92 Å². The molecule has 94 valence electrons. The van der Waals surface area contributed by atoms with Gasteiger partial charge in [-0.25, -0.2) is 0 Å². The summed E-state index contributed by atoms with van der Waals surface area (Å²) in [6, 6.07) is 2.56. The number of hydrogen-bond acceptors (Lipinski definition) is 3. The molecule has 4 heteroatoms. The van der Waals surface area contributed by atoms with Gasteiger partial charge in [0.05, 0.1) is 17.5 Å². The van der Waals surface area contributed by atoms with Crippen LogP contribution < -0.4 is 0 Å². The number of aromatic nitrogens is 2. The first-order valence-electron chi connectivity index (χ1n) is 6.39. The number of Topliss-reactive ketones (excluding diaryl/α,β-unsaturated/α-hetero) is 1. The van der Waals surface area contributed by atoms with Crippen LogP contribution in [0.4, 0.5) is 0 Å². The van der Waals surface area contributed by atoms with Crippen molar-refractivity contribution in [1.82, 2.24) is 9.78 Å². The highest BCUT2D eigenvalue weighted by atomic mass is 32.2. The molecule has 3 nitrogen and oxygen atoms in total. The van der Waals surface area contributed by atoms with Crippen LogP contribution in [0.3, 0.4) is 0 Å². The van der Waals surface area contributed by atoms with Gasteiger partial charge < -0.3 is 0 Å². The number of hydrogen-bond donors (Lipinski definition) is 0. The molecule has 2 rings (SSSR count). The van der Waals surface area contributed by atoms with Gasteiger partial charge in [-0.05, 0) is 18.9 Å². The molecule has 1 aliphatic rings. The normalized spacial score (nSPS) is 20.4. The van der Waals surface area contributed by atoms with Gasteiger partial charge in [0.15, 0.2) is 0 Å². The van der Waals surface area contributed by atoms with Gasteiger partial charge in [-0.15, -0.1) is 0 Å². The van der Waals surface area contributed by atoms with E-state index >= 15 is 0 Å². The summed E-state index contributed by atoms with van der Waals surface area (Å²) in [4.78, 5) is 11.6. The third kappa shape index (κ3) is 2.92. The van der Waals surface area contributed by atoms with Crippen molar-refractivity contribution in [2.45, 2.75) is 39.2 Å². The van der Waals surface area contributed by atoms with E-state index < -0.39 is 0 Å². The smallest absolute Gasteiger partial charge is 0.147 e. The molecule has 17 heavy (non-hydrogen) atoms. The highest BCUT2D eigenvalue weighted by Crippen LogP contribution is 2.24. The average Bonchev–Trinajstić information content (AvgIpc) is 2.92. The summed E-state index contributed by atoms with van der Waals surface area (Å²) in [5, 5.41) is 4.61. The van der Waals surface area contributed by atoms with Gasteiger partial charge in [0.2, 0.25) is 0 Å². The zero-order valence-corrected chi connectivity index (χ0v) is 11.4. The van der Waals surface area contributed by atoms with E-state index in [1.54, 1.807) is 11.8 Å². The van der Waals surface area contributed by atoms with Crippen molar-refractivity contribution >= 4 is 17.5 Å². The van der Waals surface area contributed by atoms with E-state index in [1.165, 1.54) is 0 Å². The molecule has 1 aromatic heterocycles. The highest BCUT2D eigenvalue weighted by molar-refractivity contribution is 8.00. The van der Waals surface area contributed by atoms with Gasteiger partial charge in [-0.1, -0.05) is 13.8 Å². The van der Waals surface area contributed by atoms with E-state index in [1.807, 2.05) is 0 Å². The largest absolute Gasteiger partial charge is 0.298 e. The van der Waals surface area contributed by atoms with Crippen LogP contribution in [0.5, 0.6) is 0 Å². The number of nitrogens with zero attached hydrogens (tertiary/aromatic N) is 2. The molecule has 0 N–H and O–H groups in total. The molecule has 0 aliphatic carbocycles. The predicted molar refractivity (Wildman–Crippen MR) is 71.4 cm³/mol. The van der Waals surface area contributed by atoms with Crippen LogP contribution in [-0.2, 0) is 11.2 Å². The van der Waals surface area contributed by atoms with Gasteiger partial charge >= 0.3 is 0 Å². The Morgan fingerprint density at radius 1 is 1.53 bits per heavy atom. The Bertz CT molecular complexity index is 385. The number of carbonyl (C=O) groups is 1. The second-order valence-electron chi connectivity index (χ2n) is 4.64. The van der Waals surface area contributed by atoms with E-state index in [0.29, 0.717) is 17.6 Å². The molecular weight excluding hydrogens is 232 g/mol. The van der Waals surface area contributed by atoms with Crippen molar-refractivity contribution in [3.8, 4) is 0 Å². The maximum atomic E-state index is 11.6. The highest BCUT2D eigenvalue weighted by Gasteiger charge is 2.25. The fourth-order valence-electron chi connectivity index (χ4n) is 2.29. The summed E-state index contributed by atoms with van der Waals surface area (Å²) in [6.45, 7) is 4.37. The van der Waals surface area contributed by atoms with Crippen LogP contribution >= 0.6 is 11.8 Å². The first kappa shape index (κ1) is 12.7. The maximum absolute atomic E-state index is 11.6. The zero-order chi connectivity index (χ0) is 12.3. The minimum atomic E-state index is 0.199. The molecule has 2 heterocycles. The molecule has 0 radical (unpaired) electrons. The van der Waals surface area contributed by atoms with Crippen LogP contribution in [0.25, 0.3) is 0 Å². The lowest BCUT2D eigenvalue weighted by Gasteiger charge is -2.12. The average molecular weight is 252 g/mol. The summed E-state index contributed by atoms with van der Waals surface area (Å²) in [7, 11) is 0. The van der Waals surface area contributed by atoms with Crippen LogP contribution in [0.1, 0.15) is 38.4 Å². The molecule has 0 spiro atoms. The third-order valence-electron chi connectivity index (χ3n) is 3.45. The zero-order valence-electron chi connectivity index (χ0n) is 10.6. The number of carbonyl (C=O) groups excluding carboxylic acids is 1. The van der Waals surface area contributed by atoms with E-state index in [-0.39, 0.29) is 5.92 Å². The van der Waals surface area contributed by atoms with E-state index in [9.17, 15) is 4.79 Å². The van der Waals surface area contributed by atoms with Crippen molar-refractivity contribution in [3.63, 3.8) is 0 Å². The predicted octanol–water partition coefficient (Wildman–Crippen LogP) is 2.72. The first-order chi connectivity index (χ1) is 8.24. The van der Waals surface area contributed by atoms with E-state index in [4.69, 9.17) is 0 Å². The van der Waals surface area contributed by atoms with Crippen molar-refractivity contribution in [2.75, 3.05) is 11.5 Å². The summed E-state index contributed by atoms with van der Waals surface area (Å²) in [5.74, 6) is 2.26. The van der Waals surface area contributed by atoms with Gasteiger partial charge in [-0.3, -0.25) is 9.48 Å². The van der Waals surface area contributed by atoms with Crippen LogP contribution in [-0.4, -0.2) is 27.1 Å². The van der Waals surface area contributed by atoms with Crippen LogP contribution in [0.15, 0.2) is 12.3 Å². The minimum Gasteiger partial charge on any atom is -0.298 e. The third-order valence-corrected chi connectivity index (χ3v) is 4.58. The number of thioether (sulfide) groups is 1. The summed E-state index contributed by atoms with van der Waals surface area (Å²) in [5.41, 5.74) is 1.07.